The second-order valence-corrected chi connectivity index (χ2v) is 8.71. The number of hydrogen-bond donors (Lipinski definition) is 2. The van der Waals surface area contributed by atoms with Crippen molar-refractivity contribution in [2.24, 2.45) is 0 Å². The van der Waals surface area contributed by atoms with Crippen LogP contribution in [0.15, 0.2) is 76.2 Å². The Balaban J connectivity index is 1.51. The molecule has 0 saturated carbocycles. The predicted octanol–water partition coefficient (Wildman–Crippen LogP) is 2.66. The highest BCUT2D eigenvalue weighted by Crippen LogP contribution is 2.25. The van der Waals surface area contributed by atoms with Crippen molar-refractivity contribution in [2.75, 3.05) is 9.62 Å². The molecular formula is C22H19N3O6S. The number of carbonyl (C=O) groups excluding carboxylic acids is 3. The Morgan fingerprint density at radius 3 is 2.28 bits per heavy atom. The van der Waals surface area contributed by atoms with E-state index in [4.69, 9.17) is 4.42 Å². The van der Waals surface area contributed by atoms with Crippen molar-refractivity contribution in [3.05, 3.63) is 78.3 Å². The molecule has 0 unspecified atom stereocenters. The minimum Gasteiger partial charge on any atom is -0.467 e. The zero-order valence-corrected chi connectivity index (χ0v) is 17.6. The average molecular weight is 453 g/mol. The molecule has 2 aromatic carbocycles. The number of anilines is 2. The fraction of sp³-hybridized carbons (Fsp3) is 0.136. The van der Waals surface area contributed by atoms with E-state index >= 15 is 0 Å². The van der Waals surface area contributed by atoms with Crippen molar-refractivity contribution in [1.82, 2.24) is 5.32 Å². The van der Waals surface area contributed by atoms with Gasteiger partial charge in [-0.3, -0.25) is 24.0 Å². The summed E-state index contributed by atoms with van der Waals surface area (Å²) in [7, 11) is -4.03. The maximum Gasteiger partial charge on any atom is 0.261 e. The molecule has 1 aliphatic rings. The second kappa shape index (κ2) is 8.67. The van der Waals surface area contributed by atoms with Gasteiger partial charge in [0.1, 0.15) is 5.76 Å². The first-order valence-corrected chi connectivity index (χ1v) is 11.2. The summed E-state index contributed by atoms with van der Waals surface area (Å²) < 4.78 is 33.4. The van der Waals surface area contributed by atoms with Crippen LogP contribution in [0.5, 0.6) is 0 Å². The first-order chi connectivity index (χ1) is 15.3. The van der Waals surface area contributed by atoms with Gasteiger partial charge in [0.15, 0.2) is 0 Å². The SMILES string of the molecule is O=C(NCc1ccco1)c1ccccc1NS(=O)(=O)c1ccc(N2C(=O)CCC2=O)cc1. The highest BCUT2D eigenvalue weighted by Gasteiger charge is 2.30. The lowest BCUT2D eigenvalue weighted by molar-refractivity contribution is -0.121. The monoisotopic (exact) mass is 453 g/mol. The van der Waals surface area contributed by atoms with Crippen molar-refractivity contribution in [1.29, 1.82) is 0 Å². The smallest absolute Gasteiger partial charge is 0.261 e. The van der Waals surface area contributed by atoms with E-state index in [1.165, 1.54) is 42.7 Å². The van der Waals surface area contributed by atoms with Crippen molar-refractivity contribution in [3.63, 3.8) is 0 Å². The van der Waals surface area contributed by atoms with Crippen LogP contribution in [0.25, 0.3) is 0 Å². The predicted molar refractivity (Wildman–Crippen MR) is 115 cm³/mol. The molecule has 164 valence electrons. The lowest BCUT2D eigenvalue weighted by atomic mass is 10.1. The summed E-state index contributed by atoms with van der Waals surface area (Å²) >= 11 is 0. The van der Waals surface area contributed by atoms with Gasteiger partial charge in [0.05, 0.1) is 34.6 Å². The van der Waals surface area contributed by atoms with Gasteiger partial charge < -0.3 is 9.73 Å². The summed E-state index contributed by atoms with van der Waals surface area (Å²) in [5, 5.41) is 2.68. The molecule has 0 bridgehead atoms. The number of para-hydroxylation sites is 1. The fourth-order valence-corrected chi connectivity index (χ4v) is 4.37. The quantitative estimate of drug-likeness (QED) is 0.530. The van der Waals surface area contributed by atoms with E-state index < -0.39 is 15.9 Å². The average Bonchev–Trinajstić information content (AvgIpc) is 3.42. The minimum atomic E-state index is -4.03. The Labute approximate surface area is 184 Å². The molecule has 4 rings (SSSR count). The number of nitrogens with one attached hydrogen (secondary N) is 2. The Morgan fingerprint density at radius 2 is 1.62 bits per heavy atom. The van der Waals surface area contributed by atoms with Crippen LogP contribution in [0.2, 0.25) is 0 Å². The zero-order valence-electron chi connectivity index (χ0n) is 16.8. The summed E-state index contributed by atoms with van der Waals surface area (Å²) in [6, 6.07) is 15.0. The van der Waals surface area contributed by atoms with Crippen molar-refractivity contribution < 1.29 is 27.2 Å². The molecule has 2 heterocycles. The maximum atomic E-state index is 12.9. The van der Waals surface area contributed by atoms with Crippen molar-refractivity contribution >= 4 is 39.1 Å². The third-order valence-corrected chi connectivity index (χ3v) is 6.26. The van der Waals surface area contributed by atoms with Gasteiger partial charge in [-0.1, -0.05) is 12.1 Å². The molecule has 0 aliphatic carbocycles. The Hall–Kier alpha value is -3.92. The number of carbonyl (C=O) groups is 3. The van der Waals surface area contributed by atoms with Crippen LogP contribution >= 0.6 is 0 Å². The molecule has 9 nitrogen and oxygen atoms in total. The largest absolute Gasteiger partial charge is 0.467 e. The van der Waals surface area contributed by atoms with Crippen molar-refractivity contribution in [2.45, 2.75) is 24.3 Å². The van der Waals surface area contributed by atoms with Gasteiger partial charge in [-0.05, 0) is 48.5 Å². The summed E-state index contributed by atoms with van der Waals surface area (Å²) in [5.74, 6) is -0.552. The standard InChI is InChI=1S/C22H19N3O6S/c26-20-11-12-21(27)25(20)15-7-9-17(10-8-15)32(29,30)24-19-6-2-1-5-18(19)22(28)23-14-16-4-3-13-31-16/h1-10,13,24H,11-12,14H2,(H,23,28). The normalized spacial score (nSPS) is 13.9. The molecule has 2 N–H and O–H groups in total. The van der Waals surface area contributed by atoms with Crippen LogP contribution in [0.3, 0.4) is 0 Å². The fourth-order valence-electron chi connectivity index (χ4n) is 3.29. The molecule has 1 fully saturated rings. The number of imide groups is 1. The summed E-state index contributed by atoms with van der Waals surface area (Å²) in [6.07, 6.45) is 1.77. The maximum absolute atomic E-state index is 12.9. The summed E-state index contributed by atoms with van der Waals surface area (Å²) in [6.45, 7) is 0.155. The molecule has 1 aromatic heterocycles. The first kappa shape index (κ1) is 21.3. The molecular weight excluding hydrogens is 434 g/mol. The molecule has 3 amide bonds. The van der Waals surface area contributed by atoms with Gasteiger partial charge in [0.2, 0.25) is 11.8 Å². The third kappa shape index (κ3) is 4.40. The minimum absolute atomic E-state index is 0.0776. The summed E-state index contributed by atoms with van der Waals surface area (Å²) in [5.41, 5.74) is 0.570. The van der Waals surface area contributed by atoms with E-state index in [1.54, 1.807) is 24.3 Å². The highest BCUT2D eigenvalue weighted by atomic mass is 32.2. The lowest BCUT2D eigenvalue weighted by Crippen LogP contribution is -2.28. The van der Waals surface area contributed by atoms with Crippen LogP contribution in [0, 0.1) is 0 Å². The number of rotatable bonds is 7. The van der Waals surface area contributed by atoms with Gasteiger partial charge in [0, 0.05) is 12.8 Å². The number of benzene rings is 2. The number of hydrogen-bond acceptors (Lipinski definition) is 6. The van der Waals surface area contributed by atoms with Crippen LogP contribution in [-0.2, 0) is 26.2 Å². The zero-order chi connectivity index (χ0) is 22.7. The van der Waals surface area contributed by atoms with Gasteiger partial charge in [-0.25, -0.2) is 8.42 Å². The van der Waals surface area contributed by atoms with E-state index in [1.807, 2.05) is 0 Å². The van der Waals surface area contributed by atoms with Gasteiger partial charge in [0.25, 0.3) is 15.9 Å². The van der Waals surface area contributed by atoms with E-state index in [0.717, 1.165) is 4.90 Å². The van der Waals surface area contributed by atoms with Gasteiger partial charge in [-0.2, -0.15) is 0 Å². The van der Waals surface area contributed by atoms with Crippen LogP contribution in [-0.4, -0.2) is 26.1 Å². The molecule has 0 atom stereocenters. The number of amides is 3. The Kier molecular flexibility index (Phi) is 5.78. The molecule has 32 heavy (non-hydrogen) atoms. The molecule has 0 radical (unpaired) electrons. The third-order valence-electron chi connectivity index (χ3n) is 4.88. The van der Waals surface area contributed by atoms with E-state index in [2.05, 4.69) is 10.0 Å². The molecule has 1 aliphatic heterocycles. The van der Waals surface area contributed by atoms with Crippen LogP contribution in [0.4, 0.5) is 11.4 Å². The Bertz CT molecular complexity index is 1250. The summed E-state index contributed by atoms with van der Waals surface area (Å²) in [4.78, 5) is 37.3. The molecule has 3 aromatic rings. The van der Waals surface area contributed by atoms with E-state index in [-0.39, 0.29) is 47.3 Å². The topological polar surface area (TPSA) is 126 Å². The molecule has 1 saturated heterocycles. The van der Waals surface area contributed by atoms with Crippen LogP contribution < -0.4 is 14.9 Å². The number of furan rings is 1. The lowest BCUT2D eigenvalue weighted by Gasteiger charge is -2.15. The first-order valence-electron chi connectivity index (χ1n) is 9.73. The van der Waals surface area contributed by atoms with Crippen molar-refractivity contribution in [3.8, 4) is 0 Å². The van der Waals surface area contributed by atoms with Crippen LogP contribution in [0.1, 0.15) is 29.0 Å². The Morgan fingerprint density at radius 1 is 0.938 bits per heavy atom. The molecule has 0 spiro atoms. The van der Waals surface area contributed by atoms with E-state index in [9.17, 15) is 22.8 Å². The van der Waals surface area contributed by atoms with Gasteiger partial charge >= 0.3 is 0 Å². The molecule has 10 heteroatoms. The van der Waals surface area contributed by atoms with Gasteiger partial charge in [-0.15, -0.1) is 0 Å². The van der Waals surface area contributed by atoms with E-state index in [0.29, 0.717) is 11.4 Å². The highest BCUT2D eigenvalue weighted by molar-refractivity contribution is 7.92. The number of nitrogens with zero attached hydrogens (tertiary/aromatic N) is 1. The second-order valence-electron chi connectivity index (χ2n) is 7.03. The number of sulfonamides is 1.